The molecule has 0 aliphatic carbocycles. The Labute approximate surface area is 114 Å². The van der Waals surface area contributed by atoms with Crippen LogP contribution in [0.4, 0.5) is 5.82 Å². The third-order valence-electron chi connectivity index (χ3n) is 2.80. The van der Waals surface area contributed by atoms with Crippen LogP contribution in [0.2, 0.25) is 0 Å². The van der Waals surface area contributed by atoms with Crippen LogP contribution in [0, 0.1) is 6.92 Å². The number of nitrogens with one attached hydrogen (secondary N) is 1. The topological polar surface area (TPSA) is 47.7 Å². The van der Waals surface area contributed by atoms with Gasteiger partial charge < -0.3 is 5.32 Å². The molecule has 0 spiro atoms. The SMILES string of the molecule is CCCn1ccc(NCc2c(C)cnn2C)n1.Cl. The Balaban J connectivity index is 0.00000162. The van der Waals surface area contributed by atoms with E-state index in [4.69, 9.17) is 0 Å². The minimum Gasteiger partial charge on any atom is -0.363 e. The molecule has 6 heteroatoms. The van der Waals surface area contributed by atoms with E-state index in [1.165, 1.54) is 11.3 Å². The minimum absolute atomic E-state index is 0. The predicted molar refractivity (Wildman–Crippen MR) is 75.0 cm³/mol. The van der Waals surface area contributed by atoms with Gasteiger partial charge in [-0.25, -0.2) is 0 Å². The molecular formula is C12H20ClN5. The van der Waals surface area contributed by atoms with Gasteiger partial charge in [-0.05, 0) is 18.9 Å². The highest BCUT2D eigenvalue weighted by Gasteiger charge is 2.05. The highest BCUT2D eigenvalue weighted by Crippen LogP contribution is 2.09. The van der Waals surface area contributed by atoms with Crippen molar-refractivity contribution in [1.82, 2.24) is 19.6 Å². The van der Waals surface area contributed by atoms with Crippen LogP contribution >= 0.6 is 12.4 Å². The van der Waals surface area contributed by atoms with Crippen LogP contribution in [0.25, 0.3) is 0 Å². The quantitative estimate of drug-likeness (QED) is 0.907. The second-order valence-corrected chi connectivity index (χ2v) is 4.22. The zero-order valence-corrected chi connectivity index (χ0v) is 11.9. The summed E-state index contributed by atoms with van der Waals surface area (Å²) in [6, 6.07) is 2.00. The van der Waals surface area contributed by atoms with E-state index < -0.39 is 0 Å². The lowest BCUT2D eigenvalue weighted by Gasteiger charge is -2.05. The third kappa shape index (κ3) is 3.26. The highest BCUT2D eigenvalue weighted by molar-refractivity contribution is 5.85. The summed E-state index contributed by atoms with van der Waals surface area (Å²) in [5, 5.41) is 12.0. The number of hydrogen-bond acceptors (Lipinski definition) is 3. The van der Waals surface area contributed by atoms with E-state index in [0.717, 1.165) is 25.3 Å². The number of rotatable bonds is 5. The summed E-state index contributed by atoms with van der Waals surface area (Å²) in [6.45, 7) is 5.94. The predicted octanol–water partition coefficient (Wildman–Crippen LogP) is 2.37. The Hall–Kier alpha value is -1.49. The van der Waals surface area contributed by atoms with Crippen molar-refractivity contribution in [3.8, 4) is 0 Å². The number of nitrogens with zero attached hydrogens (tertiary/aromatic N) is 4. The number of hydrogen-bond donors (Lipinski definition) is 1. The Morgan fingerprint density at radius 1 is 1.39 bits per heavy atom. The standard InChI is InChI=1S/C12H19N5.ClH/c1-4-6-17-7-5-12(15-17)13-9-11-10(2)8-14-16(11)3;/h5,7-8H,4,6,9H2,1-3H3,(H,13,15);1H. The molecule has 0 aliphatic rings. The molecule has 0 saturated heterocycles. The van der Waals surface area contributed by atoms with E-state index in [2.05, 4.69) is 29.4 Å². The summed E-state index contributed by atoms with van der Waals surface area (Å²) in [5.41, 5.74) is 2.39. The average molecular weight is 270 g/mol. The number of anilines is 1. The fourth-order valence-electron chi connectivity index (χ4n) is 1.81. The third-order valence-corrected chi connectivity index (χ3v) is 2.80. The van der Waals surface area contributed by atoms with Gasteiger partial charge in [0.05, 0.1) is 18.4 Å². The molecule has 1 N–H and O–H groups in total. The smallest absolute Gasteiger partial charge is 0.148 e. The Kier molecular flexibility index (Phi) is 5.22. The molecule has 18 heavy (non-hydrogen) atoms. The first-order valence-corrected chi connectivity index (χ1v) is 5.95. The summed E-state index contributed by atoms with van der Waals surface area (Å²) >= 11 is 0. The Bertz CT molecular complexity index is 469. The van der Waals surface area contributed by atoms with E-state index in [-0.39, 0.29) is 12.4 Å². The molecule has 0 atom stereocenters. The molecule has 0 fully saturated rings. The van der Waals surface area contributed by atoms with Gasteiger partial charge in [-0.15, -0.1) is 12.4 Å². The first kappa shape index (κ1) is 14.6. The summed E-state index contributed by atoms with van der Waals surface area (Å²) in [4.78, 5) is 0. The van der Waals surface area contributed by atoms with Crippen molar-refractivity contribution >= 4 is 18.2 Å². The molecule has 0 unspecified atom stereocenters. The highest BCUT2D eigenvalue weighted by atomic mass is 35.5. The van der Waals surface area contributed by atoms with Gasteiger partial charge in [-0.1, -0.05) is 6.92 Å². The second-order valence-electron chi connectivity index (χ2n) is 4.22. The van der Waals surface area contributed by atoms with E-state index in [1.807, 2.05) is 34.9 Å². The first-order chi connectivity index (χ1) is 8.20. The number of halogens is 1. The van der Waals surface area contributed by atoms with Gasteiger partial charge in [0.15, 0.2) is 0 Å². The van der Waals surface area contributed by atoms with Gasteiger partial charge in [0.2, 0.25) is 0 Å². The van der Waals surface area contributed by atoms with Crippen LogP contribution in [0.1, 0.15) is 24.6 Å². The van der Waals surface area contributed by atoms with E-state index in [0.29, 0.717) is 0 Å². The molecule has 0 amide bonds. The normalized spacial score (nSPS) is 10.2. The van der Waals surface area contributed by atoms with Gasteiger partial charge in [0.25, 0.3) is 0 Å². The van der Waals surface area contributed by atoms with Crippen molar-refractivity contribution in [3.05, 3.63) is 29.7 Å². The molecule has 2 aromatic heterocycles. The van der Waals surface area contributed by atoms with Crippen LogP contribution < -0.4 is 5.32 Å². The van der Waals surface area contributed by atoms with Gasteiger partial charge in [0.1, 0.15) is 5.82 Å². The molecule has 2 heterocycles. The van der Waals surface area contributed by atoms with Gasteiger partial charge >= 0.3 is 0 Å². The zero-order valence-electron chi connectivity index (χ0n) is 11.1. The second kappa shape index (κ2) is 6.44. The van der Waals surface area contributed by atoms with E-state index in [9.17, 15) is 0 Å². The summed E-state index contributed by atoms with van der Waals surface area (Å²) in [7, 11) is 1.96. The van der Waals surface area contributed by atoms with Crippen molar-refractivity contribution in [2.24, 2.45) is 7.05 Å². The minimum atomic E-state index is 0. The van der Waals surface area contributed by atoms with Crippen molar-refractivity contribution in [2.75, 3.05) is 5.32 Å². The largest absolute Gasteiger partial charge is 0.363 e. The Morgan fingerprint density at radius 3 is 2.78 bits per heavy atom. The molecule has 0 aliphatic heterocycles. The monoisotopic (exact) mass is 269 g/mol. The lowest BCUT2D eigenvalue weighted by molar-refractivity contribution is 0.603. The lowest BCUT2D eigenvalue weighted by atomic mass is 10.3. The summed E-state index contributed by atoms with van der Waals surface area (Å²) in [5.74, 6) is 0.916. The molecule has 0 aromatic carbocycles. The van der Waals surface area contributed by atoms with Crippen molar-refractivity contribution in [1.29, 1.82) is 0 Å². The van der Waals surface area contributed by atoms with Crippen molar-refractivity contribution in [3.63, 3.8) is 0 Å². The summed E-state index contributed by atoms with van der Waals surface area (Å²) < 4.78 is 3.85. The average Bonchev–Trinajstić information content (AvgIpc) is 2.86. The van der Waals surface area contributed by atoms with E-state index >= 15 is 0 Å². The maximum atomic E-state index is 4.43. The molecule has 0 radical (unpaired) electrons. The first-order valence-electron chi connectivity index (χ1n) is 5.95. The van der Waals surface area contributed by atoms with Crippen LogP contribution in [0.5, 0.6) is 0 Å². The molecular weight excluding hydrogens is 250 g/mol. The number of aryl methyl sites for hydroxylation is 3. The summed E-state index contributed by atoms with van der Waals surface area (Å²) in [6.07, 6.45) is 4.98. The van der Waals surface area contributed by atoms with Gasteiger partial charge in [-0.2, -0.15) is 10.2 Å². The van der Waals surface area contributed by atoms with Crippen LogP contribution in [0.3, 0.4) is 0 Å². The fourth-order valence-corrected chi connectivity index (χ4v) is 1.81. The van der Waals surface area contributed by atoms with Gasteiger partial charge in [0, 0.05) is 25.9 Å². The molecule has 2 rings (SSSR count). The van der Waals surface area contributed by atoms with Crippen LogP contribution in [-0.4, -0.2) is 19.6 Å². The maximum absolute atomic E-state index is 4.43. The van der Waals surface area contributed by atoms with Crippen molar-refractivity contribution in [2.45, 2.75) is 33.4 Å². The van der Waals surface area contributed by atoms with Crippen LogP contribution in [0.15, 0.2) is 18.5 Å². The lowest BCUT2D eigenvalue weighted by Crippen LogP contribution is -2.07. The molecule has 5 nitrogen and oxygen atoms in total. The molecule has 100 valence electrons. The zero-order chi connectivity index (χ0) is 12.3. The molecule has 0 bridgehead atoms. The van der Waals surface area contributed by atoms with Gasteiger partial charge in [-0.3, -0.25) is 9.36 Å². The van der Waals surface area contributed by atoms with E-state index in [1.54, 1.807) is 0 Å². The molecule has 0 saturated carbocycles. The molecule has 2 aromatic rings. The van der Waals surface area contributed by atoms with Crippen LogP contribution in [-0.2, 0) is 20.1 Å². The number of aromatic nitrogens is 4. The van der Waals surface area contributed by atoms with Crippen molar-refractivity contribution < 1.29 is 0 Å². The Morgan fingerprint density at radius 2 is 2.17 bits per heavy atom. The fraction of sp³-hybridized carbons (Fsp3) is 0.500. The maximum Gasteiger partial charge on any atom is 0.148 e.